The second-order valence-electron chi connectivity index (χ2n) is 6.63. The van der Waals surface area contributed by atoms with Crippen LogP contribution in [0.15, 0.2) is 48.9 Å². The van der Waals surface area contributed by atoms with Gasteiger partial charge in [-0.25, -0.2) is 4.98 Å². The standard InChI is InChI=1S/C20H19N3O/c1-12-5-6-21-11-18(12)15-4-3-14-9-19(22-10-16(14)8-15)23-20(24)17-7-13(17)2/h3-6,8-11,13,17H,7H2,1-2H3,(H,22,23,24). The van der Waals surface area contributed by atoms with Gasteiger partial charge in [-0.1, -0.05) is 19.1 Å². The van der Waals surface area contributed by atoms with Gasteiger partial charge >= 0.3 is 0 Å². The first-order valence-corrected chi connectivity index (χ1v) is 8.23. The Balaban J connectivity index is 1.63. The Bertz CT molecular complexity index is 935. The molecule has 0 radical (unpaired) electrons. The van der Waals surface area contributed by atoms with E-state index in [0.717, 1.165) is 28.3 Å². The van der Waals surface area contributed by atoms with E-state index >= 15 is 0 Å². The van der Waals surface area contributed by atoms with Gasteiger partial charge in [-0.2, -0.15) is 0 Å². The van der Waals surface area contributed by atoms with E-state index in [1.165, 1.54) is 5.56 Å². The molecule has 4 heteroatoms. The topological polar surface area (TPSA) is 54.9 Å². The number of hydrogen-bond acceptors (Lipinski definition) is 3. The fraction of sp³-hybridized carbons (Fsp3) is 0.250. The summed E-state index contributed by atoms with van der Waals surface area (Å²) in [5, 5.41) is 5.04. The molecule has 4 rings (SSSR count). The number of rotatable bonds is 3. The molecule has 1 N–H and O–H groups in total. The minimum atomic E-state index is 0.0805. The van der Waals surface area contributed by atoms with E-state index in [-0.39, 0.29) is 11.8 Å². The first kappa shape index (κ1) is 14.8. The second kappa shape index (κ2) is 5.71. The molecule has 1 saturated carbocycles. The Labute approximate surface area is 141 Å². The number of carbonyl (C=O) groups is 1. The molecule has 0 spiro atoms. The second-order valence-corrected chi connectivity index (χ2v) is 6.63. The van der Waals surface area contributed by atoms with E-state index in [9.17, 15) is 4.79 Å². The molecule has 120 valence electrons. The summed E-state index contributed by atoms with van der Waals surface area (Å²) in [7, 11) is 0. The normalized spacial score (nSPS) is 19.2. The first-order chi connectivity index (χ1) is 11.6. The number of aromatic nitrogens is 2. The smallest absolute Gasteiger partial charge is 0.228 e. The maximum atomic E-state index is 12.0. The maximum absolute atomic E-state index is 12.0. The Morgan fingerprint density at radius 3 is 2.75 bits per heavy atom. The molecule has 2 unspecified atom stereocenters. The molecule has 2 aromatic heterocycles. The van der Waals surface area contributed by atoms with Crippen molar-refractivity contribution < 1.29 is 4.79 Å². The summed E-state index contributed by atoms with van der Waals surface area (Å²) in [6, 6.07) is 10.2. The Morgan fingerprint density at radius 1 is 1.17 bits per heavy atom. The molecule has 1 amide bonds. The Kier molecular flexibility index (Phi) is 3.53. The molecule has 2 heterocycles. The third kappa shape index (κ3) is 2.75. The number of amides is 1. The van der Waals surface area contributed by atoms with Gasteiger partial charge in [0.1, 0.15) is 5.82 Å². The van der Waals surface area contributed by atoms with E-state index in [1.54, 1.807) is 6.20 Å². The Hall–Kier alpha value is -2.75. The fourth-order valence-corrected chi connectivity index (χ4v) is 3.05. The van der Waals surface area contributed by atoms with E-state index < -0.39 is 0 Å². The average molecular weight is 317 g/mol. The summed E-state index contributed by atoms with van der Waals surface area (Å²) >= 11 is 0. The van der Waals surface area contributed by atoms with Crippen molar-refractivity contribution in [2.24, 2.45) is 11.8 Å². The van der Waals surface area contributed by atoms with Crippen molar-refractivity contribution in [3.63, 3.8) is 0 Å². The highest BCUT2D eigenvalue weighted by atomic mass is 16.2. The molecule has 24 heavy (non-hydrogen) atoms. The van der Waals surface area contributed by atoms with E-state index in [4.69, 9.17) is 0 Å². The number of anilines is 1. The molecule has 2 atom stereocenters. The third-order valence-electron chi connectivity index (χ3n) is 4.77. The molecule has 0 aliphatic heterocycles. The zero-order chi connectivity index (χ0) is 16.7. The number of pyridine rings is 2. The number of nitrogens with one attached hydrogen (secondary N) is 1. The van der Waals surface area contributed by atoms with Gasteiger partial charge < -0.3 is 5.32 Å². The zero-order valence-corrected chi connectivity index (χ0v) is 13.8. The van der Waals surface area contributed by atoms with Crippen molar-refractivity contribution in [3.8, 4) is 11.1 Å². The van der Waals surface area contributed by atoms with Crippen molar-refractivity contribution in [1.82, 2.24) is 9.97 Å². The van der Waals surface area contributed by atoms with Crippen LogP contribution < -0.4 is 5.32 Å². The maximum Gasteiger partial charge on any atom is 0.228 e. The van der Waals surface area contributed by atoms with E-state index in [0.29, 0.717) is 11.7 Å². The van der Waals surface area contributed by atoms with Gasteiger partial charge in [-0.15, -0.1) is 0 Å². The van der Waals surface area contributed by atoms with Crippen LogP contribution >= 0.6 is 0 Å². The van der Waals surface area contributed by atoms with Crippen molar-refractivity contribution in [1.29, 1.82) is 0 Å². The molecule has 1 fully saturated rings. The Morgan fingerprint density at radius 2 is 2.00 bits per heavy atom. The lowest BCUT2D eigenvalue weighted by Crippen LogP contribution is -2.15. The van der Waals surface area contributed by atoms with Crippen LogP contribution in [0.5, 0.6) is 0 Å². The minimum Gasteiger partial charge on any atom is -0.310 e. The molecule has 0 bridgehead atoms. The summed E-state index contributed by atoms with van der Waals surface area (Å²) in [4.78, 5) is 20.6. The number of aryl methyl sites for hydroxylation is 1. The van der Waals surface area contributed by atoms with Gasteiger partial charge in [-0.3, -0.25) is 9.78 Å². The molecule has 3 aromatic rings. The predicted molar refractivity (Wildman–Crippen MR) is 95.6 cm³/mol. The highest BCUT2D eigenvalue weighted by molar-refractivity contribution is 5.96. The molecular formula is C20H19N3O. The molecular weight excluding hydrogens is 298 g/mol. The van der Waals surface area contributed by atoms with Gasteiger partial charge in [0.05, 0.1) is 0 Å². The van der Waals surface area contributed by atoms with Crippen LogP contribution in [0, 0.1) is 18.8 Å². The SMILES string of the molecule is Cc1ccncc1-c1ccc2cc(NC(=O)C3CC3C)ncc2c1. The van der Waals surface area contributed by atoms with Gasteiger partial charge in [0, 0.05) is 35.5 Å². The number of carbonyl (C=O) groups excluding carboxylic acids is 1. The summed E-state index contributed by atoms with van der Waals surface area (Å²) in [5.41, 5.74) is 3.44. The van der Waals surface area contributed by atoms with E-state index in [2.05, 4.69) is 47.3 Å². The number of hydrogen-bond donors (Lipinski definition) is 1. The molecule has 4 nitrogen and oxygen atoms in total. The van der Waals surface area contributed by atoms with Gasteiger partial charge in [0.2, 0.25) is 5.91 Å². The van der Waals surface area contributed by atoms with Crippen molar-refractivity contribution in [2.75, 3.05) is 5.32 Å². The van der Waals surface area contributed by atoms with Crippen LogP contribution in [-0.4, -0.2) is 15.9 Å². The van der Waals surface area contributed by atoms with Crippen LogP contribution in [0.3, 0.4) is 0 Å². The first-order valence-electron chi connectivity index (χ1n) is 8.23. The van der Waals surface area contributed by atoms with Crippen LogP contribution in [0.2, 0.25) is 0 Å². The highest BCUT2D eigenvalue weighted by Gasteiger charge is 2.39. The zero-order valence-electron chi connectivity index (χ0n) is 13.8. The molecule has 1 aliphatic rings. The third-order valence-corrected chi connectivity index (χ3v) is 4.77. The van der Waals surface area contributed by atoms with Crippen LogP contribution in [-0.2, 0) is 4.79 Å². The monoisotopic (exact) mass is 317 g/mol. The van der Waals surface area contributed by atoms with Gasteiger partial charge in [0.15, 0.2) is 0 Å². The van der Waals surface area contributed by atoms with Crippen LogP contribution in [0.25, 0.3) is 21.9 Å². The molecule has 1 aromatic carbocycles. The minimum absolute atomic E-state index is 0.0805. The lowest BCUT2D eigenvalue weighted by atomic mass is 10.0. The summed E-state index contributed by atoms with van der Waals surface area (Å²) in [6.07, 6.45) is 6.48. The summed E-state index contributed by atoms with van der Waals surface area (Å²) in [6.45, 7) is 4.18. The largest absolute Gasteiger partial charge is 0.310 e. The van der Waals surface area contributed by atoms with Crippen molar-refractivity contribution in [3.05, 3.63) is 54.5 Å². The highest BCUT2D eigenvalue weighted by Crippen LogP contribution is 2.38. The number of nitrogens with zero attached hydrogens (tertiary/aromatic N) is 2. The lowest BCUT2D eigenvalue weighted by Gasteiger charge is -2.08. The van der Waals surface area contributed by atoms with Crippen molar-refractivity contribution in [2.45, 2.75) is 20.3 Å². The van der Waals surface area contributed by atoms with Gasteiger partial charge in [0.25, 0.3) is 0 Å². The summed E-state index contributed by atoms with van der Waals surface area (Å²) < 4.78 is 0. The average Bonchev–Trinajstić information content (AvgIpc) is 3.32. The predicted octanol–water partition coefficient (Wildman–Crippen LogP) is 4.20. The van der Waals surface area contributed by atoms with E-state index in [1.807, 2.05) is 24.5 Å². The molecule has 0 saturated heterocycles. The van der Waals surface area contributed by atoms with Crippen molar-refractivity contribution >= 4 is 22.5 Å². The van der Waals surface area contributed by atoms with Crippen LogP contribution in [0.4, 0.5) is 5.82 Å². The lowest BCUT2D eigenvalue weighted by molar-refractivity contribution is -0.117. The van der Waals surface area contributed by atoms with Crippen LogP contribution in [0.1, 0.15) is 18.9 Å². The quantitative estimate of drug-likeness (QED) is 0.787. The summed E-state index contributed by atoms with van der Waals surface area (Å²) in [5.74, 6) is 1.35. The number of fused-ring (bicyclic) bond motifs is 1. The fourth-order valence-electron chi connectivity index (χ4n) is 3.05. The molecule has 1 aliphatic carbocycles. The number of benzene rings is 1. The van der Waals surface area contributed by atoms with Gasteiger partial charge in [-0.05, 0) is 54.0 Å².